The van der Waals surface area contributed by atoms with Gasteiger partial charge in [-0.25, -0.2) is 10.4 Å². The van der Waals surface area contributed by atoms with E-state index < -0.39 is 0 Å². The Balaban J connectivity index is 1.76. The SMILES string of the molecule is Cc1cc(/C=N\NC(=O)c2ccc(Cl)cc2)c(C)n1-c1ccccn1. The van der Waals surface area contributed by atoms with Gasteiger partial charge in [-0.05, 0) is 56.3 Å². The number of hydrogen-bond donors (Lipinski definition) is 1. The molecule has 1 N–H and O–H groups in total. The maximum atomic E-state index is 12.0. The molecule has 0 bridgehead atoms. The molecule has 1 aromatic carbocycles. The van der Waals surface area contributed by atoms with Crippen molar-refractivity contribution in [1.29, 1.82) is 0 Å². The number of aryl methyl sites for hydroxylation is 1. The maximum absolute atomic E-state index is 12.0. The Hall–Kier alpha value is -2.92. The lowest BCUT2D eigenvalue weighted by atomic mass is 10.2. The Morgan fingerprint density at radius 2 is 1.96 bits per heavy atom. The highest BCUT2D eigenvalue weighted by atomic mass is 35.5. The molecule has 2 aromatic heterocycles. The number of carbonyl (C=O) groups excluding carboxylic acids is 1. The third-order valence-corrected chi connectivity index (χ3v) is 4.08. The third-order valence-electron chi connectivity index (χ3n) is 3.82. The summed E-state index contributed by atoms with van der Waals surface area (Å²) in [6, 6.07) is 14.4. The van der Waals surface area contributed by atoms with Crippen LogP contribution >= 0.6 is 11.6 Å². The zero-order valence-electron chi connectivity index (χ0n) is 13.9. The van der Waals surface area contributed by atoms with Crippen molar-refractivity contribution in [3.8, 4) is 5.82 Å². The molecule has 0 fully saturated rings. The molecule has 3 aromatic rings. The Bertz CT molecular complexity index is 915. The minimum atomic E-state index is -0.286. The molecule has 25 heavy (non-hydrogen) atoms. The fourth-order valence-electron chi connectivity index (χ4n) is 2.58. The molecule has 1 amide bonds. The lowest BCUT2D eigenvalue weighted by Gasteiger charge is -2.07. The second kappa shape index (κ2) is 7.32. The number of benzene rings is 1. The van der Waals surface area contributed by atoms with Crippen LogP contribution in [0.1, 0.15) is 27.3 Å². The van der Waals surface area contributed by atoms with E-state index in [4.69, 9.17) is 11.6 Å². The standard InChI is InChI=1S/C19H17ClN4O/c1-13-11-16(14(2)24(13)18-5-3-4-10-21-18)12-22-23-19(25)15-6-8-17(20)9-7-15/h3-12H,1-2H3,(H,23,25)/b22-12-. The van der Waals surface area contributed by atoms with Gasteiger partial charge in [0, 0.05) is 33.7 Å². The van der Waals surface area contributed by atoms with Crippen LogP contribution in [-0.4, -0.2) is 21.7 Å². The highest BCUT2D eigenvalue weighted by molar-refractivity contribution is 6.30. The van der Waals surface area contributed by atoms with Gasteiger partial charge in [-0.1, -0.05) is 17.7 Å². The van der Waals surface area contributed by atoms with Crippen LogP contribution in [0, 0.1) is 13.8 Å². The third kappa shape index (κ3) is 3.78. The van der Waals surface area contributed by atoms with Gasteiger partial charge in [0.15, 0.2) is 0 Å². The van der Waals surface area contributed by atoms with Crippen molar-refractivity contribution in [1.82, 2.24) is 15.0 Å². The summed E-state index contributed by atoms with van der Waals surface area (Å²) >= 11 is 5.82. The predicted molar refractivity (Wildman–Crippen MR) is 99.6 cm³/mol. The number of nitrogens with one attached hydrogen (secondary N) is 1. The predicted octanol–water partition coefficient (Wildman–Crippen LogP) is 3.91. The molecule has 0 spiro atoms. The average Bonchev–Trinajstić information content (AvgIpc) is 2.90. The smallest absolute Gasteiger partial charge is 0.271 e. The van der Waals surface area contributed by atoms with Crippen molar-refractivity contribution in [3.63, 3.8) is 0 Å². The van der Waals surface area contributed by atoms with Crippen LogP contribution in [0.2, 0.25) is 5.02 Å². The minimum absolute atomic E-state index is 0.286. The molecular weight excluding hydrogens is 336 g/mol. The summed E-state index contributed by atoms with van der Waals surface area (Å²) in [6.07, 6.45) is 3.39. The lowest BCUT2D eigenvalue weighted by molar-refractivity contribution is 0.0955. The van der Waals surface area contributed by atoms with Crippen LogP contribution in [0.4, 0.5) is 0 Å². The monoisotopic (exact) mass is 352 g/mol. The summed E-state index contributed by atoms with van der Waals surface area (Å²) in [5.74, 6) is 0.564. The number of hydrazone groups is 1. The van der Waals surface area contributed by atoms with Gasteiger partial charge in [0.1, 0.15) is 5.82 Å². The number of halogens is 1. The lowest BCUT2D eigenvalue weighted by Crippen LogP contribution is -2.17. The Morgan fingerprint density at radius 1 is 1.20 bits per heavy atom. The number of pyridine rings is 1. The van der Waals surface area contributed by atoms with Crippen LogP contribution in [0.15, 0.2) is 59.8 Å². The van der Waals surface area contributed by atoms with Crippen molar-refractivity contribution < 1.29 is 4.79 Å². The zero-order valence-corrected chi connectivity index (χ0v) is 14.7. The van der Waals surface area contributed by atoms with Crippen LogP contribution < -0.4 is 5.43 Å². The first kappa shape index (κ1) is 16.9. The number of rotatable bonds is 4. The normalized spacial score (nSPS) is 11.0. The van der Waals surface area contributed by atoms with E-state index in [1.165, 1.54) is 0 Å². The van der Waals surface area contributed by atoms with Crippen molar-refractivity contribution in [2.45, 2.75) is 13.8 Å². The summed E-state index contributed by atoms with van der Waals surface area (Å²) in [5, 5.41) is 4.64. The average molecular weight is 353 g/mol. The van der Waals surface area contributed by atoms with E-state index in [-0.39, 0.29) is 5.91 Å². The van der Waals surface area contributed by atoms with Gasteiger partial charge in [-0.15, -0.1) is 0 Å². The molecule has 0 unspecified atom stereocenters. The summed E-state index contributed by atoms with van der Waals surface area (Å²) in [4.78, 5) is 16.4. The molecule has 2 heterocycles. The number of amides is 1. The maximum Gasteiger partial charge on any atom is 0.271 e. The van der Waals surface area contributed by atoms with Gasteiger partial charge in [0.25, 0.3) is 5.91 Å². The molecule has 0 saturated carbocycles. The molecule has 0 aliphatic heterocycles. The van der Waals surface area contributed by atoms with Crippen LogP contribution in [-0.2, 0) is 0 Å². The first-order valence-electron chi connectivity index (χ1n) is 7.75. The molecule has 0 atom stereocenters. The minimum Gasteiger partial charge on any atom is -0.303 e. The molecule has 126 valence electrons. The Labute approximate surface area is 151 Å². The largest absolute Gasteiger partial charge is 0.303 e. The van der Waals surface area contributed by atoms with E-state index in [1.807, 2.05) is 42.7 Å². The van der Waals surface area contributed by atoms with Crippen molar-refractivity contribution in [2.24, 2.45) is 5.10 Å². The van der Waals surface area contributed by atoms with Crippen molar-refractivity contribution in [2.75, 3.05) is 0 Å². The van der Waals surface area contributed by atoms with Crippen LogP contribution in [0.25, 0.3) is 5.82 Å². The number of nitrogens with zero attached hydrogens (tertiary/aromatic N) is 3. The summed E-state index contributed by atoms with van der Waals surface area (Å²) in [6.45, 7) is 4.00. The summed E-state index contributed by atoms with van der Waals surface area (Å²) < 4.78 is 2.04. The fraction of sp³-hybridized carbons (Fsp3) is 0.105. The quantitative estimate of drug-likeness (QED) is 0.571. The first-order chi connectivity index (χ1) is 12.1. The van der Waals surface area contributed by atoms with Gasteiger partial charge < -0.3 is 4.57 Å². The van der Waals surface area contributed by atoms with E-state index in [0.29, 0.717) is 10.6 Å². The molecule has 6 heteroatoms. The van der Waals surface area contributed by atoms with Gasteiger partial charge in [0.05, 0.1) is 6.21 Å². The number of aromatic nitrogens is 2. The second-order valence-corrected chi connectivity index (χ2v) is 5.99. The molecule has 0 aliphatic carbocycles. The molecular formula is C19H17ClN4O. The molecule has 3 rings (SSSR count). The molecule has 5 nitrogen and oxygen atoms in total. The topological polar surface area (TPSA) is 59.3 Å². The van der Waals surface area contributed by atoms with E-state index in [0.717, 1.165) is 22.8 Å². The van der Waals surface area contributed by atoms with Gasteiger partial charge in [0.2, 0.25) is 0 Å². The van der Waals surface area contributed by atoms with E-state index in [1.54, 1.807) is 36.7 Å². The van der Waals surface area contributed by atoms with Crippen molar-refractivity contribution >= 4 is 23.7 Å². The second-order valence-electron chi connectivity index (χ2n) is 5.56. The van der Waals surface area contributed by atoms with Crippen molar-refractivity contribution in [3.05, 3.63) is 82.3 Å². The van der Waals surface area contributed by atoms with E-state index in [9.17, 15) is 4.79 Å². The number of carbonyl (C=O) groups is 1. The van der Waals surface area contributed by atoms with Crippen LogP contribution in [0.5, 0.6) is 0 Å². The van der Waals surface area contributed by atoms with Gasteiger partial charge in [-0.3, -0.25) is 4.79 Å². The highest BCUT2D eigenvalue weighted by Crippen LogP contribution is 2.18. The van der Waals surface area contributed by atoms with E-state index >= 15 is 0 Å². The molecule has 0 radical (unpaired) electrons. The first-order valence-corrected chi connectivity index (χ1v) is 8.13. The highest BCUT2D eigenvalue weighted by Gasteiger charge is 2.10. The van der Waals surface area contributed by atoms with Crippen LogP contribution in [0.3, 0.4) is 0 Å². The van der Waals surface area contributed by atoms with Gasteiger partial charge >= 0.3 is 0 Å². The molecule has 0 saturated heterocycles. The van der Waals surface area contributed by atoms with Gasteiger partial charge in [-0.2, -0.15) is 5.10 Å². The zero-order chi connectivity index (χ0) is 17.8. The number of hydrogen-bond acceptors (Lipinski definition) is 3. The Morgan fingerprint density at radius 3 is 2.64 bits per heavy atom. The van der Waals surface area contributed by atoms with E-state index in [2.05, 4.69) is 15.5 Å². The Kier molecular flexibility index (Phi) is 4.95. The molecule has 0 aliphatic rings. The summed E-state index contributed by atoms with van der Waals surface area (Å²) in [7, 11) is 0. The summed E-state index contributed by atoms with van der Waals surface area (Å²) in [5.41, 5.74) is 5.99. The fourth-order valence-corrected chi connectivity index (χ4v) is 2.71.